The Hall–Kier alpha value is -3.52. The fourth-order valence-electron chi connectivity index (χ4n) is 7.83. The summed E-state index contributed by atoms with van der Waals surface area (Å²) >= 11 is 0. The number of hydrogen-bond donors (Lipinski definition) is 1. The van der Waals surface area contributed by atoms with Gasteiger partial charge < -0.3 is 14.8 Å². The smallest absolute Gasteiger partial charge is 0.264 e. The Morgan fingerprint density at radius 1 is 0.878 bits per heavy atom. The van der Waals surface area contributed by atoms with Crippen molar-refractivity contribution in [3.8, 4) is 11.5 Å². The SMILES string of the molecule is COc1ccc(N(CC(=O)Nc2ccc(C34CC5CC(CC(C5)C3)C4)cc2)S(=O)(=O)c2ccc(C)cc2)c(OC)c1. The van der Waals surface area contributed by atoms with E-state index in [1.54, 1.807) is 42.5 Å². The van der Waals surface area contributed by atoms with E-state index in [1.807, 2.05) is 19.1 Å². The van der Waals surface area contributed by atoms with Gasteiger partial charge in [0.25, 0.3) is 10.0 Å². The molecule has 1 amide bonds. The van der Waals surface area contributed by atoms with E-state index in [0.29, 0.717) is 11.4 Å². The van der Waals surface area contributed by atoms with Crippen molar-refractivity contribution in [3.05, 3.63) is 77.9 Å². The molecule has 3 aromatic rings. The fourth-order valence-corrected chi connectivity index (χ4v) is 9.26. The highest BCUT2D eigenvalue weighted by Gasteiger charge is 2.51. The molecule has 4 fully saturated rings. The maximum atomic E-state index is 13.9. The van der Waals surface area contributed by atoms with Crippen molar-refractivity contribution in [2.45, 2.75) is 55.8 Å². The average molecular weight is 575 g/mol. The number of ether oxygens (including phenoxy) is 2. The number of carbonyl (C=O) groups excluding carboxylic acids is 1. The molecule has 7 nitrogen and oxygen atoms in total. The number of benzene rings is 3. The van der Waals surface area contributed by atoms with E-state index >= 15 is 0 Å². The van der Waals surface area contributed by atoms with E-state index in [0.717, 1.165) is 27.6 Å². The number of carbonyl (C=O) groups is 1. The number of amides is 1. The van der Waals surface area contributed by atoms with E-state index in [4.69, 9.17) is 9.47 Å². The molecule has 0 radical (unpaired) electrons. The summed E-state index contributed by atoms with van der Waals surface area (Å²) in [6.07, 6.45) is 8.03. The first-order valence-corrected chi connectivity index (χ1v) is 15.8. The first-order chi connectivity index (χ1) is 19.7. The van der Waals surface area contributed by atoms with E-state index in [1.165, 1.54) is 58.3 Å². The molecule has 4 bridgehead atoms. The molecule has 0 aromatic heterocycles. The van der Waals surface area contributed by atoms with Crippen LogP contribution in [0, 0.1) is 24.7 Å². The zero-order valence-electron chi connectivity index (χ0n) is 23.9. The van der Waals surface area contributed by atoms with E-state index < -0.39 is 22.5 Å². The van der Waals surface area contributed by atoms with Gasteiger partial charge in [0.1, 0.15) is 18.0 Å². The van der Waals surface area contributed by atoms with Crippen LogP contribution in [0.1, 0.15) is 49.7 Å². The van der Waals surface area contributed by atoms with Crippen molar-refractivity contribution in [2.75, 3.05) is 30.4 Å². The Balaban J connectivity index is 1.24. The number of rotatable bonds is 9. The molecule has 4 aliphatic rings. The average Bonchev–Trinajstić information content (AvgIpc) is 2.95. The van der Waals surface area contributed by atoms with Gasteiger partial charge in [0.05, 0.1) is 24.8 Å². The lowest BCUT2D eigenvalue weighted by atomic mass is 9.48. The Morgan fingerprint density at radius 3 is 2.05 bits per heavy atom. The second kappa shape index (κ2) is 10.7. The van der Waals surface area contributed by atoms with Gasteiger partial charge in [-0.05, 0) is 111 Å². The molecule has 0 spiro atoms. The molecular weight excluding hydrogens is 536 g/mol. The number of nitrogens with zero attached hydrogens (tertiary/aromatic N) is 1. The minimum Gasteiger partial charge on any atom is -0.497 e. The summed E-state index contributed by atoms with van der Waals surface area (Å²) in [5, 5.41) is 2.93. The van der Waals surface area contributed by atoms with Crippen LogP contribution < -0.4 is 19.1 Å². The molecule has 4 aliphatic carbocycles. The third-order valence-electron chi connectivity index (χ3n) is 9.37. The topological polar surface area (TPSA) is 84.9 Å². The quantitative estimate of drug-likeness (QED) is 0.324. The van der Waals surface area contributed by atoms with Gasteiger partial charge in [-0.3, -0.25) is 9.10 Å². The van der Waals surface area contributed by atoms with Crippen molar-refractivity contribution in [1.82, 2.24) is 0 Å². The van der Waals surface area contributed by atoms with Crippen LogP contribution in [-0.2, 0) is 20.2 Å². The maximum absolute atomic E-state index is 13.9. The Kier molecular flexibility index (Phi) is 7.22. The summed E-state index contributed by atoms with van der Waals surface area (Å²) in [5.41, 5.74) is 3.49. The molecule has 41 heavy (non-hydrogen) atoms. The molecule has 4 saturated carbocycles. The zero-order chi connectivity index (χ0) is 28.8. The van der Waals surface area contributed by atoms with E-state index in [-0.39, 0.29) is 21.7 Å². The number of methoxy groups -OCH3 is 2. The van der Waals surface area contributed by atoms with Gasteiger partial charge >= 0.3 is 0 Å². The van der Waals surface area contributed by atoms with Crippen LogP contribution in [0.4, 0.5) is 11.4 Å². The van der Waals surface area contributed by atoms with E-state index in [2.05, 4.69) is 17.4 Å². The highest BCUT2D eigenvalue weighted by atomic mass is 32.2. The minimum absolute atomic E-state index is 0.0914. The first kappa shape index (κ1) is 27.6. The lowest BCUT2D eigenvalue weighted by molar-refractivity contribution is -0.114. The highest BCUT2D eigenvalue weighted by Crippen LogP contribution is 2.60. The van der Waals surface area contributed by atoms with Gasteiger partial charge in [0.15, 0.2) is 0 Å². The summed E-state index contributed by atoms with van der Waals surface area (Å²) in [4.78, 5) is 13.5. The number of anilines is 2. The Bertz CT molecular complexity index is 1500. The third kappa shape index (κ3) is 5.30. The maximum Gasteiger partial charge on any atom is 0.264 e. The zero-order valence-corrected chi connectivity index (χ0v) is 24.7. The van der Waals surface area contributed by atoms with Crippen LogP contribution in [0.25, 0.3) is 0 Å². The standard InChI is InChI=1S/C33H38N2O5S/c1-22-4-11-29(12-5-22)41(37,38)35(30-13-10-28(39-2)17-31(30)40-3)21-32(36)34-27-8-6-26(7-9-27)33-18-23-14-24(19-33)16-25(15-23)20-33/h4-13,17,23-25H,14-16,18-21H2,1-3H3,(H,34,36). The lowest BCUT2D eigenvalue weighted by Gasteiger charge is -2.57. The van der Waals surface area contributed by atoms with Crippen molar-refractivity contribution in [2.24, 2.45) is 17.8 Å². The molecule has 7 rings (SSSR count). The predicted molar refractivity (Wildman–Crippen MR) is 160 cm³/mol. The molecule has 0 heterocycles. The largest absolute Gasteiger partial charge is 0.497 e. The van der Waals surface area contributed by atoms with Gasteiger partial charge in [0, 0.05) is 11.8 Å². The lowest BCUT2D eigenvalue weighted by Crippen LogP contribution is -2.48. The molecule has 1 N–H and O–H groups in total. The summed E-state index contributed by atoms with van der Waals surface area (Å²) in [6.45, 7) is 1.47. The van der Waals surface area contributed by atoms with Crippen LogP contribution in [0.3, 0.4) is 0 Å². The minimum atomic E-state index is -4.09. The summed E-state index contributed by atoms with van der Waals surface area (Å²) in [6, 6.07) is 19.7. The predicted octanol–water partition coefficient (Wildman–Crippen LogP) is 6.31. The van der Waals surface area contributed by atoms with Crippen LogP contribution in [0.2, 0.25) is 0 Å². The molecule has 0 saturated heterocycles. The first-order valence-electron chi connectivity index (χ1n) is 14.4. The second-order valence-electron chi connectivity index (χ2n) is 12.2. The normalized spacial score (nSPS) is 24.6. The van der Waals surface area contributed by atoms with Crippen LogP contribution in [0.5, 0.6) is 11.5 Å². The van der Waals surface area contributed by atoms with Gasteiger partial charge in [-0.15, -0.1) is 0 Å². The van der Waals surface area contributed by atoms with Crippen molar-refractivity contribution < 1.29 is 22.7 Å². The summed E-state index contributed by atoms with van der Waals surface area (Å²) < 4.78 is 39.6. The second-order valence-corrected chi connectivity index (χ2v) is 14.0. The summed E-state index contributed by atoms with van der Waals surface area (Å²) in [7, 11) is -1.11. The molecule has 0 aliphatic heterocycles. The van der Waals surface area contributed by atoms with Crippen LogP contribution in [-0.4, -0.2) is 35.1 Å². The Morgan fingerprint density at radius 2 is 1.49 bits per heavy atom. The molecule has 0 unspecified atom stereocenters. The van der Waals surface area contributed by atoms with Gasteiger partial charge in [-0.1, -0.05) is 29.8 Å². The fraction of sp³-hybridized carbons (Fsp3) is 0.424. The monoisotopic (exact) mass is 574 g/mol. The van der Waals surface area contributed by atoms with Gasteiger partial charge in [-0.25, -0.2) is 8.42 Å². The van der Waals surface area contributed by atoms with Crippen molar-refractivity contribution in [3.63, 3.8) is 0 Å². The van der Waals surface area contributed by atoms with Crippen LogP contribution >= 0.6 is 0 Å². The number of hydrogen-bond acceptors (Lipinski definition) is 5. The molecule has 216 valence electrons. The number of nitrogens with one attached hydrogen (secondary N) is 1. The summed E-state index contributed by atoms with van der Waals surface area (Å²) in [5.74, 6) is 2.93. The number of aryl methyl sites for hydroxylation is 1. The third-order valence-corrected chi connectivity index (χ3v) is 11.1. The Labute approximate surface area is 242 Å². The van der Waals surface area contributed by atoms with Gasteiger partial charge in [-0.2, -0.15) is 0 Å². The van der Waals surface area contributed by atoms with Crippen LogP contribution in [0.15, 0.2) is 71.6 Å². The van der Waals surface area contributed by atoms with E-state index in [9.17, 15) is 13.2 Å². The highest BCUT2D eigenvalue weighted by molar-refractivity contribution is 7.92. The van der Waals surface area contributed by atoms with Crippen molar-refractivity contribution >= 4 is 27.3 Å². The van der Waals surface area contributed by atoms with Crippen molar-refractivity contribution in [1.29, 1.82) is 0 Å². The number of sulfonamides is 1. The molecule has 0 atom stereocenters. The van der Waals surface area contributed by atoms with Gasteiger partial charge in [0.2, 0.25) is 5.91 Å². The molecule has 3 aromatic carbocycles. The molecular formula is C33H38N2O5S. The molecule has 8 heteroatoms.